The third kappa shape index (κ3) is 3.58. The highest BCUT2D eigenvalue weighted by Crippen LogP contribution is 2.33. The van der Waals surface area contributed by atoms with Crippen molar-refractivity contribution in [2.45, 2.75) is 24.4 Å². The number of hydrogen-bond acceptors (Lipinski definition) is 5. The number of ether oxygens (including phenoxy) is 1. The molecule has 1 radical (unpaired) electrons. The van der Waals surface area contributed by atoms with Crippen LogP contribution in [0.3, 0.4) is 0 Å². The lowest BCUT2D eigenvalue weighted by Gasteiger charge is -2.49. The van der Waals surface area contributed by atoms with Gasteiger partial charge in [-0.05, 0) is 37.1 Å². The first-order valence-electron chi connectivity index (χ1n) is 8.57. The minimum Gasteiger partial charge on any atom is -0.468 e. The van der Waals surface area contributed by atoms with Crippen molar-refractivity contribution in [1.82, 2.24) is 15.5 Å². The fraction of sp³-hybridized carbons (Fsp3) is 0.556. The summed E-state index contributed by atoms with van der Waals surface area (Å²) in [6.07, 6.45) is 1.23. The van der Waals surface area contributed by atoms with E-state index in [1.54, 1.807) is 24.3 Å². The van der Waals surface area contributed by atoms with Gasteiger partial charge in [0.25, 0.3) is 0 Å². The van der Waals surface area contributed by atoms with Crippen LogP contribution >= 0.6 is 11.6 Å². The Balaban J connectivity index is 1.98. The molecule has 2 aliphatic rings. The van der Waals surface area contributed by atoms with E-state index in [-0.39, 0.29) is 11.8 Å². The normalized spacial score (nSPS) is 23.8. The molecular formula is C18H23ClN3O3. The number of carbonyl (C=O) groups excluding carboxylic acids is 2. The molecule has 1 aromatic carbocycles. The number of piperazine rings is 1. The number of esters is 1. The molecule has 1 N–H and O–H groups in total. The maximum atomic E-state index is 13.5. The lowest BCUT2D eigenvalue weighted by atomic mass is 9.78. The molecule has 6 nitrogen and oxygen atoms in total. The van der Waals surface area contributed by atoms with Crippen LogP contribution in [-0.2, 0) is 9.53 Å². The first-order valence-corrected chi connectivity index (χ1v) is 8.95. The number of halogens is 1. The van der Waals surface area contributed by atoms with Crippen molar-refractivity contribution in [2.24, 2.45) is 0 Å². The second kappa shape index (κ2) is 7.83. The molecule has 0 bridgehead atoms. The Hall–Kier alpha value is -1.47. The standard InChI is InChI=1S/C18H23ClN3O3/c1-25-17(24)15-12-21-10-11-22(15)18(6-8-20-9-7-18)16(23)13-2-4-14(19)5-3-13/h2-5,15,21H,6-12H2,1H3. The van der Waals surface area contributed by atoms with E-state index in [0.717, 1.165) is 6.54 Å². The molecule has 2 fully saturated rings. The van der Waals surface area contributed by atoms with Crippen molar-refractivity contribution in [3.05, 3.63) is 34.9 Å². The smallest absolute Gasteiger partial charge is 0.324 e. The Bertz CT molecular complexity index is 629. The van der Waals surface area contributed by atoms with Crippen LogP contribution in [0.4, 0.5) is 0 Å². The molecule has 1 atom stereocenters. The van der Waals surface area contributed by atoms with Crippen LogP contribution in [-0.4, -0.2) is 68.1 Å². The number of rotatable bonds is 4. The maximum absolute atomic E-state index is 13.5. The van der Waals surface area contributed by atoms with Crippen molar-refractivity contribution in [3.63, 3.8) is 0 Å². The van der Waals surface area contributed by atoms with Crippen molar-refractivity contribution >= 4 is 23.4 Å². The summed E-state index contributed by atoms with van der Waals surface area (Å²) in [5, 5.41) is 8.24. The minimum atomic E-state index is -0.726. The third-order valence-corrected chi connectivity index (χ3v) is 5.41. The number of carbonyl (C=O) groups is 2. The summed E-state index contributed by atoms with van der Waals surface area (Å²) in [4.78, 5) is 27.8. The zero-order valence-corrected chi connectivity index (χ0v) is 15.1. The Morgan fingerprint density at radius 1 is 1.28 bits per heavy atom. The summed E-state index contributed by atoms with van der Waals surface area (Å²) in [5.74, 6) is -0.270. The lowest BCUT2D eigenvalue weighted by Crippen LogP contribution is -2.68. The van der Waals surface area contributed by atoms with E-state index in [9.17, 15) is 9.59 Å². The number of hydrogen-bond donors (Lipinski definition) is 1. The van der Waals surface area contributed by atoms with E-state index in [4.69, 9.17) is 16.3 Å². The van der Waals surface area contributed by atoms with E-state index < -0.39 is 11.6 Å². The summed E-state index contributed by atoms with van der Waals surface area (Å²) < 4.78 is 4.98. The van der Waals surface area contributed by atoms with Crippen molar-refractivity contribution in [1.29, 1.82) is 0 Å². The zero-order valence-electron chi connectivity index (χ0n) is 14.3. The van der Waals surface area contributed by atoms with Gasteiger partial charge in [0.2, 0.25) is 0 Å². The first kappa shape index (κ1) is 18.3. The molecule has 0 saturated carbocycles. The van der Waals surface area contributed by atoms with Crippen LogP contribution in [0.15, 0.2) is 24.3 Å². The van der Waals surface area contributed by atoms with Gasteiger partial charge in [-0.1, -0.05) is 11.6 Å². The summed E-state index contributed by atoms with van der Waals surface area (Å²) in [6.45, 7) is 3.09. The highest BCUT2D eigenvalue weighted by Gasteiger charge is 2.50. The fourth-order valence-electron chi connectivity index (χ4n) is 3.84. The lowest BCUT2D eigenvalue weighted by molar-refractivity contribution is -0.150. The topological polar surface area (TPSA) is 72.7 Å². The Morgan fingerprint density at radius 3 is 2.60 bits per heavy atom. The molecule has 1 aromatic rings. The van der Waals surface area contributed by atoms with E-state index in [1.165, 1.54) is 7.11 Å². The minimum absolute atomic E-state index is 0.0369. The van der Waals surface area contributed by atoms with Crippen LogP contribution < -0.4 is 10.6 Å². The van der Waals surface area contributed by atoms with Gasteiger partial charge in [-0.15, -0.1) is 0 Å². The number of Topliss-reactive ketones (excluding diaryl/α,β-unsaturated/α-hetero) is 1. The summed E-state index contributed by atoms with van der Waals surface area (Å²) in [5.41, 5.74) is -0.107. The largest absolute Gasteiger partial charge is 0.468 e. The SMILES string of the molecule is COC(=O)C1CNCCN1C1(C(=O)c2ccc(Cl)cc2)CC[N]CC1. The van der Waals surface area contributed by atoms with Crippen LogP contribution in [0.1, 0.15) is 23.2 Å². The van der Waals surface area contributed by atoms with Crippen LogP contribution in [0.5, 0.6) is 0 Å². The van der Waals surface area contributed by atoms with Crippen molar-refractivity contribution < 1.29 is 14.3 Å². The average molecular weight is 365 g/mol. The molecular weight excluding hydrogens is 342 g/mol. The molecule has 0 aromatic heterocycles. The van der Waals surface area contributed by atoms with E-state index in [1.807, 2.05) is 4.90 Å². The van der Waals surface area contributed by atoms with Crippen LogP contribution in [0.2, 0.25) is 5.02 Å². The molecule has 2 saturated heterocycles. The molecule has 0 amide bonds. The summed E-state index contributed by atoms with van der Waals surface area (Å²) >= 11 is 5.96. The molecule has 1 unspecified atom stereocenters. The van der Waals surface area contributed by atoms with Gasteiger partial charge in [-0.2, -0.15) is 0 Å². The number of nitrogens with one attached hydrogen (secondary N) is 1. The quantitative estimate of drug-likeness (QED) is 0.640. The summed E-state index contributed by atoms with van der Waals surface area (Å²) in [6, 6.07) is 6.51. The number of methoxy groups -OCH3 is 1. The van der Waals surface area contributed by atoms with Gasteiger partial charge in [0.05, 0.1) is 12.6 Å². The van der Waals surface area contributed by atoms with Crippen LogP contribution in [0.25, 0.3) is 0 Å². The Morgan fingerprint density at radius 2 is 1.96 bits per heavy atom. The molecule has 135 valence electrons. The molecule has 2 heterocycles. The van der Waals surface area contributed by atoms with Gasteiger partial charge in [0.15, 0.2) is 5.78 Å². The van der Waals surface area contributed by atoms with E-state index >= 15 is 0 Å². The molecule has 7 heteroatoms. The molecule has 25 heavy (non-hydrogen) atoms. The predicted octanol–water partition coefficient (Wildman–Crippen LogP) is 1.11. The molecule has 2 aliphatic heterocycles. The number of benzene rings is 1. The third-order valence-electron chi connectivity index (χ3n) is 5.16. The fourth-order valence-corrected chi connectivity index (χ4v) is 3.97. The van der Waals surface area contributed by atoms with Gasteiger partial charge in [0.1, 0.15) is 6.04 Å². The van der Waals surface area contributed by atoms with Gasteiger partial charge >= 0.3 is 5.97 Å². The molecule has 0 aliphatic carbocycles. The summed E-state index contributed by atoms with van der Waals surface area (Å²) in [7, 11) is 1.39. The highest BCUT2D eigenvalue weighted by molar-refractivity contribution is 6.30. The van der Waals surface area contributed by atoms with E-state index in [0.29, 0.717) is 49.6 Å². The van der Waals surface area contributed by atoms with E-state index in [2.05, 4.69) is 10.6 Å². The molecule has 3 rings (SSSR count). The maximum Gasteiger partial charge on any atom is 0.324 e. The predicted molar refractivity (Wildman–Crippen MR) is 95.0 cm³/mol. The second-order valence-electron chi connectivity index (χ2n) is 6.47. The van der Waals surface area contributed by atoms with Crippen molar-refractivity contribution in [2.75, 3.05) is 39.8 Å². The highest BCUT2D eigenvalue weighted by atomic mass is 35.5. The number of nitrogens with zero attached hydrogens (tertiary/aromatic N) is 2. The van der Waals surface area contributed by atoms with Crippen LogP contribution in [0, 0.1) is 0 Å². The monoisotopic (exact) mass is 364 g/mol. The van der Waals surface area contributed by atoms with Crippen molar-refractivity contribution in [3.8, 4) is 0 Å². The van der Waals surface area contributed by atoms with Gasteiger partial charge < -0.3 is 10.1 Å². The average Bonchev–Trinajstić information content (AvgIpc) is 2.68. The Labute approximate surface area is 152 Å². The first-order chi connectivity index (χ1) is 12.1. The number of piperidine rings is 1. The van der Waals surface area contributed by atoms with Gasteiger partial charge in [0, 0.05) is 43.3 Å². The van der Waals surface area contributed by atoms with Gasteiger partial charge in [-0.25, -0.2) is 5.32 Å². The second-order valence-corrected chi connectivity index (χ2v) is 6.91. The molecule has 0 spiro atoms. The Kier molecular flexibility index (Phi) is 5.74. The number of ketones is 1. The van der Waals surface area contributed by atoms with Gasteiger partial charge in [-0.3, -0.25) is 14.5 Å². The zero-order chi connectivity index (χ0) is 17.9.